The fourth-order valence-electron chi connectivity index (χ4n) is 2.08. The van der Waals surface area contributed by atoms with E-state index in [1.807, 2.05) is 26.8 Å². The Morgan fingerprint density at radius 3 is 2.52 bits per heavy atom. The summed E-state index contributed by atoms with van der Waals surface area (Å²) >= 11 is 3.43. The highest BCUT2D eigenvalue weighted by atomic mass is 79.9. The molecule has 1 aromatic rings. The molecule has 21 heavy (non-hydrogen) atoms. The smallest absolute Gasteiger partial charge is 0.244 e. The van der Waals surface area contributed by atoms with Gasteiger partial charge in [0.1, 0.15) is 0 Å². The predicted octanol–water partition coefficient (Wildman–Crippen LogP) is 3.04. The zero-order valence-corrected chi connectivity index (χ0v) is 15.4. The lowest BCUT2D eigenvalue weighted by Crippen LogP contribution is -2.33. The van der Waals surface area contributed by atoms with E-state index >= 15 is 0 Å². The van der Waals surface area contributed by atoms with Gasteiger partial charge in [0.05, 0.1) is 4.90 Å². The van der Waals surface area contributed by atoms with Crippen LogP contribution in [0.3, 0.4) is 0 Å². The molecule has 118 valence electrons. The van der Waals surface area contributed by atoms with Crippen molar-refractivity contribution in [3.63, 3.8) is 0 Å². The third kappa shape index (κ3) is 3.86. The van der Waals surface area contributed by atoms with Gasteiger partial charge in [0.15, 0.2) is 0 Å². The Hall–Kier alpha value is -0.430. The van der Waals surface area contributed by atoms with E-state index in [9.17, 15) is 8.42 Å². The normalized spacial score (nSPS) is 16.0. The van der Waals surface area contributed by atoms with E-state index in [1.54, 1.807) is 13.1 Å². The molecule has 6 heteroatoms. The average Bonchev–Trinajstić information content (AvgIpc) is 3.22. The molecular weight excluding hydrogens is 352 g/mol. The lowest BCUT2D eigenvalue weighted by molar-refractivity contribution is 0.410. The van der Waals surface area contributed by atoms with Crippen LogP contribution in [0.5, 0.6) is 0 Å². The molecule has 0 aromatic heterocycles. The number of hydrogen-bond acceptors (Lipinski definition) is 3. The average molecular weight is 375 g/mol. The van der Waals surface area contributed by atoms with Crippen LogP contribution in [0, 0.1) is 6.92 Å². The molecule has 0 aliphatic heterocycles. The highest BCUT2D eigenvalue weighted by Gasteiger charge is 2.27. The summed E-state index contributed by atoms with van der Waals surface area (Å²) in [6.45, 7) is 6.39. The van der Waals surface area contributed by atoms with Crippen LogP contribution in [0.2, 0.25) is 0 Å². The molecule has 0 spiro atoms. The molecule has 1 saturated carbocycles. The molecule has 1 aromatic carbocycles. The van der Waals surface area contributed by atoms with Gasteiger partial charge in [-0.15, -0.1) is 0 Å². The highest BCUT2D eigenvalue weighted by molar-refractivity contribution is 9.10. The first-order valence-corrected chi connectivity index (χ1v) is 9.47. The third-order valence-corrected chi connectivity index (χ3v) is 7.21. The number of rotatable bonds is 6. The Bertz CT molecular complexity index is 625. The van der Waals surface area contributed by atoms with E-state index in [1.165, 1.54) is 17.1 Å². The Balaban J connectivity index is 2.36. The second-order valence-electron chi connectivity index (χ2n) is 6.00. The Morgan fingerprint density at radius 2 is 2.00 bits per heavy atom. The number of halogens is 1. The van der Waals surface area contributed by atoms with E-state index in [-0.39, 0.29) is 6.04 Å². The zero-order chi connectivity index (χ0) is 15.8. The molecule has 4 nitrogen and oxygen atoms in total. The molecule has 2 rings (SSSR count). The largest absolute Gasteiger partial charge is 0.310 e. The van der Waals surface area contributed by atoms with Crippen molar-refractivity contribution < 1.29 is 8.42 Å². The van der Waals surface area contributed by atoms with Crippen LogP contribution in [-0.4, -0.2) is 31.9 Å². The number of nitrogens with one attached hydrogen (secondary N) is 1. The van der Waals surface area contributed by atoms with Gasteiger partial charge >= 0.3 is 0 Å². The molecule has 1 fully saturated rings. The minimum Gasteiger partial charge on any atom is -0.310 e. The fraction of sp³-hybridized carbons (Fsp3) is 0.600. The number of hydrogen-bond donors (Lipinski definition) is 1. The minimum atomic E-state index is -3.48. The fourth-order valence-corrected chi connectivity index (χ4v) is 4.48. The first-order chi connectivity index (χ1) is 9.73. The van der Waals surface area contributed by atoms with E-state index in [0.717, 1.165) is 11.1 Å². The Morgan fingerprint density at radius 1 is 1.38 bits per heavy atom. The third-order valence-electron chi connectivity index (χ3n) is 3.84. The van der Waals surface area contributed by atoms with Crippen molar-refractivity contribution in [1.29, 1.82) is 0 Å². The molecule has 0 heterocycles. The van der Waals surface area contributed by atoms with Gasteiger partial charge in [0, 0.05) is 30.1 Å². The number of nitrogens with zero attached hydrogens (tertiary/aromatic N) is 1. The molecule has 1 aliphatic rings. The molecule has 0 atom stereocenters. The van der Waals surface area contributed by atoms with E-state index in [2.05, 4.69) is 21.2 Å². The van der Waals surface area contributed by atoms with Crippen LogP contribution in [0.4, 0.5) is 0 Å². The van der Waals surface area contributed by atoms with E-state index in [0.29, 0.717) is 22.0 Å². The highest BCUT2D eigenvalue weighted by Crippen LogP contribution is 2.30. The van der Waals surface area contributed by atoms with Gasteiger partial charge in [0.2, 0.25) is 10.0 Å². The van der Waals surface area contributed by atoms with Crippen LogP contribution >= 0.6 is 15.9 Å². The molecule has 0 bridgehead atoms. The summed E-state index contributed by atoms with van der Waals surface area (Å²) in [5, 5.41) is 3.43. The molecule has 1 N–H and O–H groups in total. The van der Waals surface area contributed by atoms with Crippen molar-refractivity contribution in [2.75, 3.05) is 7.05 Å². The maximum Gasteiger partial charge on any atom is 0.244 e. The summed E-state index contributed by atoms with van der Waals surface area (Å²) in [4.78, 5) is 0.353. The number of aryl methyl sites for hydroxylation is 1. The van der Waals surface area contributed by atoms with Gasteiger partial charge < -0.3 is 5.32 Å². The minimum absolute atomic E-state index is 0.0737. The topological polar surface area (TPSA) is 49.4 Å². The zero-order valence-electron chi connectivity index (χ0n) is 13.0. The van der Waals surface area contributed by atoms with Crippen molar-refractivity contribution >= 4 is 26.0 Å². The van der Waals surface area contributed by atoms with Crippen molar-refractivity contribution in [3.05, 3.63) is 27.7 Å². The maximum absolute atomic E-state index is 12.7. The van der Waals surface area contributed by atoms with E-state index < -0.39 is 10.0 Å². The van der Waals surface area contributed by atoms with Crippen LogP contribution in [0.1, 0.15) is 37.8 Å². The van der Waals surface area contributed by atoms with Crippen LogP contribution < -0.4 is 5.32 Å². The summed E-state index contributed by atoms with van der Waals surface area (Å²) < 4.78 is 27.5. The van der Waals surface area contributed by atoms with Gasteiger partial charge in [-0.25, -0.2) is 8.42 Å². The standard InChI is InChI=1S/C15H23BrN2O2S/c1-10(2)18(4)21(19,20)14-8-12(7-11(3)15(14)16)9-17-13-5-6-13/h7-8,10,13,17H,5-6,9H2,1-4H3. The summed E-state index contributed by atoms with van der Waals surface area (Å²) in [6.07, 6.45) is 2.44. The number of sulfonamides is 1. The lowest BCUT2D eigenvalue weighted by Gasteiger charge is -2.22. The first-order valence-electron chi connectivity index (χ1n) is 7.24. The van der Waals surface area contributed by atoms with Crippen molar-refractivity contribution in [1.82, 2.24) is 9.62 Å². The van der Waals surface area contributed by atoms with Gasteiger partial charge in [0.25, 0.3) is 0 Å². The van der Waals surface area contributed by atoms with Crippen molar-refractivity contribution in [2.24, 2.45) is 0 Å². The second kappa shape index (κ2) is 6.36. The van der Waals surface area contributed by atoms with Gasteiger partial charge in [-0.2, -0.15) is 4.31 Å². The van der Waals surface area contributed by atoms with Crippen molar-refractivity contribution in [3.8, 4) is 0 Å². The molecule has 0 unspecified atom stereocenters. The number of benzene rings is 1. The molecule has 0 radical (unpaired) electrons. The maximum atomic E-state index is 12.7. The monoisotopic (exact) mass is 374 g/mol. The molecule has 1 aliphatic carbocycles. The van der Waals surface area contributed by atoms with Crippen LogP contribution in [-0.2, 0) is 16.6 Å². The van der Waals surface area contributed by atoms with Gasteiger partial charge in [-0.3, -0.25) is 0 Å². The summed E-state index contributed by atoms with van der Waals surface area (Å²) in [5.41, 5.74) is 1.96. The Labute approximate surface area is 136 Å². The van der Waals surface area contributed by atoms with Crippen LogP contribution in [0.25, 0.3) is 0 Å². The Kier molecular flexibility index (Phi) is 5.13. The molecular formula is C15H23BrN2O2S. The predicted molar refractivity (Wildman–Crippen MR) is 88.8 cm³/mol. The van der Waals surface area contributed by atoms with Crippen molar-refractivity contribution in [2.45, 2.75) is 57.1 Å². The van der Waals surface area contributed by atoms with Gasteiger partial charge in [-0.05, 0) is 66.7 Å². The summed E-state index contributed by atoms with van der Waals surface area (Å²) in [6, 6.07) is 4.34. The molecule has 0 amide bonds. The first kappa shape index (κ1) is 16.9. The van der Waals surface area contributed by atoms with E-state index in [4.69, 9.17) is 0 Å². The SMILES string of the molecule is Cc1cc(CNC2CC2)cc(S(=O)(=O)N(C)C(C)C)c1Br. The molecule has 0 saturated heterocycles. The summed E-state index contributed by atoms with van der Waals surface area (Å²) in [5.74, 6) is 0. The van der Waals surface area contributed by atoms with Crippen LogP contribution in [0.15, 0.2) is 21.5 Å². The summed E-state index contributed by atoms with van der Waals surface area (Å²) in [7, 11) is -1.86. The van der Waals surface area contributed by atoms with Gasteiger partial charge in [-0.1, -0.05) is 6.07 Å². The lowest BCUT2D eigenvalue weighted by atomic mass is 10.1. The quantitative estimate of drug-likeness (QED) is 0.832. The second-order valence-corrected chi connectivity index (χ2v) is 8.75.